The summed E-state index contributed by atoms with van der Waals surface area (Å²) in [6, 6.07) is 4.14. The molecule has 1 unspecified atom stereocenters. The van der Waals surface area contributed by atoms with Gasteiger partial charge in [0.1, 0.15) is 11.4 Å². The molecule has 1 aromatic rings. The molecule has 0 spiro atoms. The van der Waals surface area contributed by atoms with Gasteiger partial charge in [-0.25, -0.2) is 9.78 Å². The van der Waals surface area contributed by atoms with Crippen LogP contribution in [0, 0.1) is 0 Å². The van der Waals surface area contributed by atoms with E-state index in [2.05, 4.69) is 15.6 Å². The van der Waals surface area contributed by atoms with Gasteiger partial charge >= 0.3 is 6.09 Å². The van der Waals surface area contributed by atoms with Gasteiger partial charge < -0.3 is 10.1 Å². The number of nitrogens with zero attached hydrogens (tertiary/aromatic N) is 1. The standard InChI is InChI=1S/C14H21N3O2/c1-14(2,3)19-13(18)17-12-10(6-4-9-16-12)11-7-5-8-15-11/h4,6,9,11,15H,5,7-8H2,1-3H3,(H,16,17,18). The molecule has 2 rings (SSSR count). The monoisotopic (exact) mass is 263 g/mol. The van der Waals surface area contributed by atoms with E-state index in [9.17, 15) is 4.79 Å². The maximum absolute atomic E-state index is 11.8. The van der Waals surface area contributed by atoms with Gasteiger partial charge in [-0.1, -0.05) is 6.07 Å². The summed E-state index contributed by atoms with van der Waals surface area (Å²) in [4.78, 5) is 16.0. The van der Waals surface area contributed by atoms with Gasteiger partial charge in [-0.15, -0.1) is 0 Å². The number of aromatic nitrogens is 1. The molecule has 0 bridgehead atoms. The molecule has 0 aliphatic carbocycles. The lowest BCUT2D eigenvalue weighted by Gasteiger charge is -2.21. The van der Waals surface area contributed by atoms with Crippen LogP contribution in [0.3, 0.4) is 0 Å². The number of anilines is 1. The van der Waals surface area contributed by atoms with Gasteiger partial charge in [-0.3, -0.25) is 5.32 Å². The van der Waals surface area contributed by atoms with Gasteiger partial charge in [-0.2, -0.15) is 0 Å². The smallest absolute Gasteiger partial charge is 0.413 e. The van der Waals surface area contributed by atoms with Gasteiger partial charge in [0.25, 0.3) is 0 Å². The Balaban J connectivity index is 2.09. The molecule has 19 heavy (non-hydrogen) atoms. The minimum absolute atomic E-state index is 0.263. The molecule has 2 heterocycles. The molecule has 1 fully saturated rings. The van der Waals surface area contributed by atoms with Gasteiger partial charge in [-0.05, 0) is 46.2 Å². The van der Waals surface area contributed by atoms with Crippen LogP contribution in [-0.4, -0.2) is 23.2 Å². The Morgan fingerprint density at radius 1 is 1.53 bits per heavy atom. The van der Waals surface area contributed by atoms with E-state index in [1.54, 1.807) is 6.20 Å². The van der Waals surface area contributed by atoms with Gasteiger partial charge in [0.15, 0.2) is 0 Å². The van der Waals surface area contributed by atoms with E-state index >= 15 is 0 Å². The number of pyridine rings is 1. The lowest BCUT2D eigenvalue weighted by molar-refractivity contribution is 0.0635. The van der Waals surface area contributed by atoms with Gasteiger partial charge in [0.05, 0.1) is 0 Å². The summed E-state index contributed by atoms with van der Waals surface area (Å²) >= 11 is 0. The molecule has 1 aromatic heterocycles. The summed E-state index contributed by atoms with van der Waals surface area (Å²) in [5.41, 5.74) is 0.510. The van der Waals surface area contributed by atoms with Crippen molar-refractivity contribution in [2.45, 2.75) is 45.3 Å². The van der Waals surface area contributed by atoms with E-state index in [-0.39, 0.29) is 6.04 Å². The highest BCUT2D eigenvalue weighted by molar-refractivity contribution is 5.84. The van der Waals surface area contributed by atoms with Crippen LogP contribution in [0.5, 0.6) is 0 Å². The molecule has 5 heteroatoms. The number of nitrogens with one attached hydrogen (secondary N) is 2. The van der Waals surface area contributed by atoms with Crippen LogP contribution < -0.4 is 10.6 Å². The van der Waals surface area contributed by atoms with E-state index in [1.807, 2.05) is 32.9 Å². The number of hydrogen-bond acceptors (Lipinski definition) is 4. The zero-order valence-electron chi connectivity index (χ0n) is 11.7. The van der Waals surface area contributed by atoms with Crippen LogP contribution in [0.4, 0.5) is 10.6 Å². The highest BCUT2D eigenvalue weighted by Gasteiger charge is 2.22. The second kappa shape index (κ2) is 5.57. The number of amides is 1. The third-order valence-electron chi connectivity index (χ3n) is 2.89. The zero-order chi connectivity index (χ0) is 13.9. The summed E-state index contributed by atoms with van der Waals surface area (Å²) in [6.07, 6.45) is 3.41. The summed E-state index contributed by atoms with van der Waals surface area (Å²) in [7, 11) is 0. The Kier molecular flexibility index (Phi) is 4.04. The van der Waals surface area contributed by atoms with E-state index in [0.29, 0.717) is 5.82 Å². The normalized spacial score (nSPS) is 19.2. The second-order valence-electron chi connectivity index (χ2n) is 5.72. The van der Waals surface area contributed by atoms with Gasteiger partial charge in [0.2, 0.25) is 0 Å². The Hall–Kier alpha value is -1.62. The van der Waals surface area contributed by atoms with Crippen molar-refractivity contribution in [2.75, 3.05) is 11.9 Å². The first kappa shape index (κ1) is 13.8. The minimum Gasteiger partial charge on any atom is -0.444 e. The van der Waals surface area contributed by atoms with Crippen LogP contribution in [0.2, 0.25) is 0 Å². The molecule has 5 nitrogen and oxygen atoms in total. The Morgan fingerprint density at radius 3 is 2.95 bits per heavy atom. The van der Waals surface area contributed by atoms with Crippen LogP contribution in [-0.2, 0) is 4.74 Å². The third kappa shape index (κ3) is 3.92. The molecule has 1 atom stereocenters. The Bertz CT molecular complexity index is 448. The van der Waals surface area contributed by atoms with E-state index in [0.717, 1.165) is 24.9 Å². The predicted molar refractivity (Wildman–Crippen MR) is 74.1 cm³/mol. The predicted octanol–water partition coefficient (Wildman–Crippen LogP) is 2.85. The molecular weight excluding hydrogens is 242 g/mol. The van der Waals surface area contributed by atoms with Crippen molar-refractivity contribution in [3.63, 3.8) is 0 Å². The molecule has 0 saturated carbocycles. The van der Waals surface area contributed by atoms with Crippen molar-refractivity contribution in [2.24, 2.45) is 0 Å². The number of carbonyl (C=O) groups excluding carboxylic acids is 1. The molecule has 2 N–H and O–H groups in total. The van der Waals surface area contributed by atoms with Crippen LogP contribution in [0.15, 0.2) is 18.3 Å². The quantitative estimate of drug-likeness (QED) is 0.861. The van der Waals surface area contributed by atoms with Crippen molar-refractivity contribution in [3.05, 3.63) is 23.9 Å². The maximum Gasteiger partial charge on any atom is 0.413 e. The number of rotatable bonds is 2. The summed E-state index contributed by atoms with van der Waals surface area (Å²) < 4.78 is 5.25. The van der Waals surface area contributed by atoms with Crippen molar-refractivity contribution in [3.8, 4) is 0 Å². The largest absolute Gasteiger partial charge is 0.444 e. The van der Waals surface area contributed by atoms with Crippen molar-refractivity contribution < 1.29 is 9.53 Å². The summed E-state index contributed by atoms with van der Waals surface area (Å²) in [5, 5.41) is 6.13. The van der Waals surface area contributed by atoms with E-state index in [1.165, 1.54) is 0 Å². The first-order valence-electron chi connectivity index (χ1n) is 6.64. The number of carbonyl (C=O) groups is 1. The molecule has 0 aromatic carbocycles. The Labute approximate surface area is 113 Å². The fraction of sp³-hybridized carbons (Fsp3) is 0.571. The van der Waals surface area contributed by atoms with E-state index < -0.39 is 11.7 Å². The first-order valence-corrected chi connectivity index (χ1v) is 6.64. The SMILES string of the molecule is CC(C)(C)OC(=O)Nc1ncccc1C1CCCN1. The number of ether oxygens (including phenoxy) is 1. The van der Waals surface area contributed by atoms with E-state index in [4.69, 9.17) is 4.74 Å². The minimum atomic E-state index is -0.509. The topological polar surface area (TPSA) is 63.2 Å². The zero-order valence-corrected chi connectivity index (χ0v) is 11.7. The highest BCUT2D eigenvalue weighted by atomic mass is 16.6. The first-order chi connectivity index (χ1) is 8.96. The maximum atomic E-state index is 11.8. The fourth-order valence-electron chi connectivity index (χ4n) is 2.15. The van der Waals surface area contributed by atoms with Crippen LogP contribution in [0.25, 0.3) is 0 Å². The van der Waals surface area contributed by atoms with Crippen molar-refractivity contribution >= 4 is 11.9 Å². The molecule has 104 valence electrons. The average molecular weight is 263 g/mol. The van der Waals surface area contributed by atoms with Crippen LogP contribution >= 0.6 is 0 Å². The van der Waals surface area contributed by atoms with Crippen molar-refractivity contribution in [1.29, 1.82) is 0 Å². The fourth-order valence-corrected chi connectivity index (χ4v) is 2.15. The lowest BCUT2D eigenvalue weighted by Crippen LogP contribution is -2.28. The number of hydrogen-bond donors (Lipinski definition) is 2. The molecule has 1 amide bonds. The molecular formula is C14H21N3O2. The average Bonchev–Trinajstić information content (AvgIpc) is 2.80. The second-order valence-corrected chi connectivity index (χ2v) is 5.72. The molecule has 0 radical (unpaired) electrons. The third-order valence-corrected chi connectivity index (χ3v) is 2.89. The molecule has 1 aliphatic rings. The van der Waals surface area contributed by atoms with Gasteiger partial charge in [0, 0.05) is 17.8 Å². The van der Waals surface area contributed by atoms with Crippen LogP contribution in [0.1, 0.15) is 45.2 Å². The lowest BCUT2D eigenvalue weighted by atomic mass is 10.1. The highest BCUT2D eigenvalue weighted by Crippen LogP contribution is 2.27. The Morgan fingerprint density at radius 2 is 2.32 bits per heavy atom. The molecule has 1 aliphatic heterocycles. The molecule has 1 saturated heterocycles. The summed E-state index contributed by atoms with van der Waals surface area (Å²) in [6.45, 7) is 6.52. The van der Waals surface area contributed by atoms with Crippen molar-refractivity contribution in [1.82, 2.24) is 10.3 Å². The summed E-state index contributed by atoms with van der Waals surface area (Å²) in [5.74, 6) is 0.580.